The van der Waals surface area contributed by atoms with Gasteiger partial charge < -0.3 is 14.7 Å². The SMILES string of the molecule is CCN(CC)CCOC(=O)[C@@](O)(c1cccc(C)c1C)C1CCCCC1. The number of aryl methyl sites for hydroxylation is 1. The van der Waals surface area contributed by atoms with E-state index in [1.165, 1.54) is 6.42 Å². The Labute approximate surface area is 158 Å². The number of nitrogens with zero attached hydrogens (tertiary/aromatic N) is 1. The normalized spacial score (nSPS) is 17.9. The van der Waals surface area contributed by atoms with Crippen molar-refractivity contribution in [2.75, 3.05) is 26.2 Å². The molecule has 0 heterocycles. The lowest BCUT2D eigenvalue weighted by molar-refractivity contribution is -0.176. The summed E-state index contributed by atoms with van der Waals surface area (Å²) in [5, 5.41) is 11.7. The smallest absolute Gasteiger partial charge is 0.343 e. The number of hydrogen-bond acceptors (Lipinski definition) is 4. The fourth-order valence-corrected chi connectivity index (χ4v) is 4.10. The fourth-order valence-electron chi connectivity index (χ4n) is 4.10. The van der Waals surface area contributed by atoms with Crippen LogP contribution in [0.15, 0.2) is 18.2 Å². The summed E-state index contributed by atoms with van der Waals surface area (Å²) >= 11 is 0. The number of hydrogen-bond donors (Lipinski definition) is 1. The van der Waals surface area contributed by atoms with Gasteiger partial charge in [0.2, 0.25) is 0 Å². The van der Waals surface area contributed by atoms with Crippen molar-refractivity contribution in [1.29, 1.82) is 0 Å². The van der Waals surface area contributed by atoms with Crippen LogP contribution < -0.4 is 0 Å². The number of ether oxygens (including phenoxy) is 1. The third kappa shape index (κ3) is 4.47. The zero-order chi connectivity index (χ0) is 19.2. The van der Waals surface area contributed by atoms with Crippen molar-refractivity contribution in [2.45, 2.75) is 65.4 Å². The van der Waals surface area contributed by atoms with Crippen LogP contribution in [0.3, 0.4) is 0 Å². The van der Waals surface area contributed by atoms with E-state index in [0.717, 1.165) is 55.5 Å². The number of carbonyl (C=O) groups excluding carboxylic acids is 1. The van der Waals surface area contributed by atoms with E-state index in [0.29, 0.717) is 13.2 Å². The molecule has 0 saturated heterocycles. The predicted octanol–water partition coefficient (Wildman–Crippen LogP) is 3.96. The second kappa shape index (κ2) is 9.52. The summed E-state index contributed by atoms with van der Waals surface area (Å²) in [4.78, 5) is 15.3. The molecule has 1 aromatic rings. The zero-order valence-electron chi connectivity index (χ0n) is 16.9. The Morgan fingerprint density at radius 2 is 1.85 bits per heavy atom. The van der Waals surface area contributed by atoms with Crippen LogP contribution in [0.4, 0.5) is 0 Å². The van der Waals surface area contributed by atoms with Crippen LogP contribution in [0.1, 0.15) is 62.6 Å². The molecule has 0 aliphatic heterocycles. The lowest BCUT2D eigenvalue weighted by Gasteiger charge is -2.38. The number of carbonyl (C=O) groups is 1. The minimum Gasteiger partial charge on any atom is -0.462 e. The van der Waals surface area contributed by atoms with Crippen LogP contribution in [-0.4, -0.2) is 42.2 Å². The summed E-state index contributed by atoms with van der Waals surface area (Å²) in [5.41, 5.74) is 1.26. The van der Waals surface area contributed by atoms with Crippen molar-refractivity contribution in [1.82, 2.24) is 4.90 Å². The molecule has 1 saturated carbocycles. The molecule has 1 aliphatic rings. The van der Waals surface area contributed by atoms with Gasteiger partial charge in [0.1, 0.15) is 6.61 Å². The molecule has 0 bridgehead atoms. The molecule has 1 N–H and O–H groups in total. The van der Waals surface area contributed by atoms with Gasteiger partial charge in [0.05, 0.1) is 0 Å². The molecule has 2 rings (SSSR count). The van der Waals surface area contributed by atoms with Gasteiger partial charge in [0.25, 0.3) is 0 Å². The van der Waals surface area contributed by atoms with Gasteiger partial charge >= 0.3 is 5.97 Å². The predicted molar refractivity (Wildman–Crippen MR) is 105 cm³/mol. The zero-order valence-corrected chi connectivity index (χ0v) is 16.9. The van der Waals surface area contributed by atoms with E-state index in [1.807, 2.05) is 32.0 Å². The maximum Gasteiger partial charge on any atom is 0.343 e. The van der Waals surface area contributed by atoms with E-state index >= 15 is 0 Å². The van der Waals surface area contributed by atoms with Crippen molar-refractivity contribution in [2.24, 2.45) is 5.92 Å². The van der Waals surface area contributed by atoms with Crippen LogP contribution in [0.25, 0.3) is 0 Å². The van der Waals surface area contributed by atoms with Gasteiger partial charge in [0.15, 0.2) is 5.60 Å². The third-order valence-corrected chi connectivity index (χ3v) is 6.06. The first-order chi connectivity index (χ1) is 12.4. The summed E-state index contributed by atoms with van der Waals surface area (Å²) in [7, 11) is 0. The highest BCUT2D eigenvalue weighted by atomic mass is 16.5. The summed E-state index contributed by atoms with van der Waals surface area (Å²) in [6, 6.07) is 5.84. The second-order valence-corrected chi connectivity index (χ2v) is 7.51. The maximum absolute atomic E-state index is 13.1. The van der Waals surface area contributed by atoms with Gasteiger partial charge in [-0.2, -0.15) is 0 Å². The van der Waals surface area contributed by atoms with Crippen molar-refractivity contribution in [3.05, 3.63) is 34.9 Å². The van der Waals surface area contributed by atoms with Gasteiger partial charge in [-0.15, -0.1) is 0 Å². The van der Waals surface area contributed by atoms with Crippen molar-refractivity contribution >= 4 is 5.97 Å². The monoisotopic (exact) mass is 361 g/mol. The number of rotatable bonds is 8. The quantitative estimate of drug-likeness (QED) is 0.712. The molecule has 0 radical (unpaired) electrons. The molecule has 26 heavy (non-hydrogen) atoms. The van der Waals surface area contributed by atoms with E-state index < -0.39 is 11.6 Å². The molecular formula is C22H35NO3. The summed E-state index contributed by atoms with van der Waals surface area (Å²) < 4.78 is 5.61. The highest BCUT2D eigenvalue weighted by molar-refractivity contribution is 5.82. The van der Waals surface area contributed by atoms with E-state index in [9.17, 15) is 9.90 Å². The second-order valence-electron chi connectivity index (χ2n) is 7.51. The minimum absolute atomic E-state index is 0.0716. The molecule has 1 atom stereocenters. The molecule has 4 heteroatoms. The molecular weight excluding hydrogens is 326 g/mol. The number of aliphatic hydroxyl groups is 1. The minimum atomic E-state index is -1.54. The Hall–Kier alpha value is -1.39. The molecule has 1 aromatic carbocycles. The van der Waals surface area contributed by atoms with Gasteiger partial charge in [-0.05, 0) is 56.5 Å². The first-order valence-corrected chi connectivity index (χ1v) is 10.1. The van der Waals surface area contributed by atoms with Crippen LogP contribution in [-0.2, 0) is 15.1 Å². The van der Waals surface area contributed by atoms with Crippen LogP contribution in [0, 0.1) is 19.8 Å². The molecule has 1 aliphatic carbocycles. The largest absolute Gasteiger partial charge is 0.462 e. The van der Waals surface area contributed by atoms with Crippen LogP contribution in [0.2, 0.25) is 0 Å². The first-order valence-electron chi connectivity index (χ1n) is 10.1. The van der Waals surface area contributed by atoms with E-state index in [-0.39, 0.29) is 5.92 Å². The van der Waals surface area contributed by atoms with Crippen LogP contribution in [0.5, 0.6) is 0 Å². The van der Waals surface area contributed by atoms with Crippen LogP contribution >= 0.6 is 0 Å². The summed E-state index contributed by atoms with van der Waals surface area (Å²) in [6.45, 7) is 11.1. The van der Waals surface area contributed by atoms with Crippen molar-refractivity contribution in [3.63, 3.8) is 0 Å². The molecule has 4 nitrogen and oxygen atoms in total. The highest BCUT2D eigenvalue weighted by Gasteiger charge is 2.48. The molecule has 0 unspecified atom stereocenters. The standard InChI is InChI=1S/C22H35NO3/c1-5-23(6-2)15-16-26-21(24)22(25,19-12-8-7-9-13-19)20-14-10-11-17(3)18(20)4/h10-11,14,19,25H,5-9,12-13,15-16H2,1-4H3/t22-/m0/s1. The Balaban J connectivity index is 2.25. The van der Waals surface area contributed by atoms with E-state index in [2.05, 4.69) is 18.7 Å². The molecule has 0 spiro atoms. The average molecular weight is 362 g/mol. The fraction of sp³-hybridized carbons (Fsp3) is 0.682. The molecule has 0 aromatic heterocycles. The van der Waals surface area contributed by atoms with Crippen molar-refractivity contribution < 1.29 is 14.6 Å². The van der Waals surface area contributed by atoms with Gasteiger partial charge in [0, 0.05) is 12.5 Å². The Kier molecular flexibility index (Phi) is 7.66. The lowest BCUT2D eigenvalue weighted by Crippen LogP contribution is -2.46. The van der Waals surface area contributed by atoms with E-state index in [1.54, 1.807) is 0 Å². The van der Waals surface area contributed by atoms with Crippen molar-refractivity contribution in [3.8, 4) is 0 Å². The summed E-state index contributed by atoms with van der Waals surface area (Å²) in [6.07, 6.45) is 5.04. The number of esters is 1. The van der Waals surface area contributed by atoms with Gasteiger partial charge in [-0.25, -0.2) is 4.79 Å². The first kappa shape index (κ1) is 20.9. The molecule has 0 amide bonds. The van der Waals surface area contributed by atoms with E-state index in [4.69, 9.17) is 4.74 Å². The Morgan fingerprint density at radius 3 is 2.46 bits per heavy atom. The number of likely N-dealkylation sites (N-methyl/N-ethyl adjacent to an activating group) is 1. The Bertz CT molecular complexity index is 591. The number of benzene rings is 1. The Morgan fingerprint density at radius 1 is 1.19 bits per heavy atom. The molecule has 146 valence electrons. The maximum atomic E-state index is 13.1. The highest BCUT2D eigenvalue weighted by Crippen LogP contribution is 2.42. The van der Waals surface area contributed by atoms with Gasteiger partial charge in [-0.3, -0.25) is 0 Å². The average Bonchev–Trinajstić information content (AvgIpc) is 2.67. The third-order valence-electron chi connectivity index (χ3n) is 6.06. The lowest BCUT2D eigenvalue weighted by atomic mass is 9.72. The van der Waals surface area contributed by atoms with Gasteiger partial charge in [-0.1, -0.05) is 51.3 Å². The summed E-state index contributed by atoms with van der Waals surface area (Å²) in [5.74, 6) is -0.553. The topological polar surface area (TPSA) is 49.8 Å². The molecule has 1 fully saturated rings.